The van der Waals surface area contributed by atoms with Gasteiger partial charge in [0.2, 0.25) is 0 Å². The van der Waals surface area contributed by atoms with Gasteiger partial charge in [-0.3, -0.25) is 0 Å². The van der Waals surface area contributed by atoms with Crippen molar-refractivity contribution in [2.75, 3.05) is 13.1 Å². The summed E-state index contributed by atoms with van der Waals surface area (Å²) >= 11 is 0. The molecule has 0 atom stereocenters. The number of nitrogens with zero attached hydrogens (tertiary/aromatic N) is 1. The molecule has 1 aromatic rings. The third-order valence-corrected chi connectivity index (χ3v) is 5.11. The van der Waals surface area contributed by atoms with Gasteiger partial charge >= 0.3 is 0 Å². The summed E-state index contributed by atoms with van der Waals surface area (Å²) in [7, 11) is 0. The predicted octanol–water partition coefficient (Wildman–Crippen LogP) is 4.27. The average Bonchev–Trinajstić information content (AvgIpc) is 2.50. The molecular weight excluding hydrogens is 230 g/mol. The van der Waals surface area contributed by atoms with E-state index >= 15 is 0 Å². The van der Waals surface area contributed by atoms with Gasteiger partial charge in [0, 0.05) is 6.04 Å². The largest absolute Gasteiger partial charge is 0.300 e. The van der Waals surface area contributed by atoms with E-state index in [9.17, 15) is 0 Å². The summed E-state index contributed by atoms with van der Waals surface area (Å²) < 4.78 is 0. The Morgan fingerprint density at radius 2 is 1.53 bits per heavy atom. The Kier molecular flexibility index (Phi) is 4.55. The van der Waals surface area contributed by atoms with Crippen LogP contribution in [0.4, 0.5) is 0 Å². The molecule has 0 spiro atoms. The minimum absolute atomic E-state index is 0.919. The van der Waals surface area contributed by atoms with Crippen LogP contribution in [0.1, 0.15) is 50.5 Å². The van der Waals surface area contributed by atoms with Gasteiger partial charge in [-0.15, -0.1) is 0 Å². The van der Waals surface area contributed by atoms with Gasteiger partial charge in [-0.25, -0.2) is 0 Å². The molecule has 0 radical (unpaired) electrons. The van der Waals surface area contributed by atoms with Crippen LogP contribution in [0.3, 0.4) is 0 Å². The minimum atomic E-state index is 0.919. The van der Waals surface area contributed by atoms with E-state index in [0.717, 1.165) is 12.0 Å². The lowest BCUT2D eigenvalue weighted by Gasteiger charge is -2.39. The highest BCUT2D eigenvalue weighted by Crippen LogP contribution is 2.28. The van der Waals surface area contributed by atoms with Crippen molar-refractivity contribution >= 4 is 0 Å². The maximum atomic E-state index is 2.79. The lowest BCUT2D eigenvalue weighted by molar-refractivity contribution is 0.107. The lowest BCUT2D eigenvalue weighted by atomic mass is 9.87. The Balaban J connectivity index is 1.46. The smallest absolute Gasteiger partial charge is 0.00952 e. The first kappa shape index (κ1) is 13.2. The zero-order valence-electron chi connectivity index (χ0n) is 12.1. The maximum absolute atomic E-state index is 2.79. The van der Waals surface area contributed by atoms with Crippen LogP contribution in [0, 0.1) is 5.92 Å². The molecule has 2 aliphatic rings. The summed E-state index contributed by atoms with van der Waals surface area (Å²) in [5.41, 5.74) is 1.53. The fourth-order valence-electron chi connectivity index (χ4n) is 3.92. The van der Waals surface area contributed by atoms with Gasteiger partial charge in [-0.2, -0.15) is 0 Å². The van der Waals surface area contributed by atoms with Gasteiger partial charge in [0.25, 0.3) is 0 Å². The van der Waals surface area contributed by atoms with Crippen LogP contribution in [0.15, 0.2) is 30.3 Å². The van der Waals surface area contributed by atoms with E-state index < -0.39 is 0 Å². The molecule has 0 amide bonds. The number of hydrogen-bond acceptors (Lipinski definition) is 1. The van der Waals surface area contributed by atoms with Crippen molar-refractivity contribution in [3.63, 3.8) is 0 Å². The summed E-state index contributed by atoms with van der Waals surface area (Å²) in [5, 5.41) is 0. The molecule has 1 aromatic carbocycles. The fraction of sp³-hybridized carbons (Fsp3) is 0.667. The van der Waals surface area contributed by atoms with Gasteiger partial charge in [0.05, 0.1) is 0 Å². The molecule has 1 aliphatic carbocycles. The first-order valence-electron chi connectivity index (χ1n) is 8.20. The molecule has 1 saturated carbocycles. The first-order chi connectivity index (χ1) is 9.42. The standard InChI is InChI=1S/C18H27N/c1-3-7-16(8-4-1)15-17-11-13-19(14-12-17)18-9-5-2-6-10-18/h1,3-4,7-8,17-18H,2,5-6,9-15H2. The van der Waals surface area contributed by atoms with Gasteiger partial charge in [-0.1, -0.05) is 49.6 Å². The van der Waals surface area contributed by atoms with E-state index in [4.69, 9.17) is 0 Å². The van der Waals surface area contributed by atoms with E-state index in [1.807, 2.05) is 0 Å². The molecule has 104 valence electrons. The molecule has 1 heterocycles. The summed E-state index contributed by atoms with van der Waals surface area (Å²) in [6.45, 7) is 2.70. The minimum Gasteiger partial charge on any atom is -0.300 e. The van der Waals surface area contributed by atoms with Crippen molar-refractivity contribution in [2.24, 2.45) is 5.92 Å². The van der Waals surface area contributed by atoms with Crippen LogP contribution in [-0.4, -0.2) is 24.0 Å². The van der Waals surface area contributed by atoms with E-state index in [1.54, 1.807) is 0 Å². The molecule has 2 fully saturated rings. The molecule has 0 aromatic heterocycles. The van der Waals surface area contributed by atoms with Crippen LogP contribution in [-0.2, 0) is 6.42 Å². The number of piperidine rings is 1. The van der Waals surface area contributed by atoms with Gasteiger partial charge in [0.1, 0.15) is 0 Å². The molecule has 0 unspecified atom stereocenters. The molecule has 3 rings (SSSR count). The van der Waals surface area contributed by atoms with E-state index in [-0.39, 0.29) is 0 Å². The Labute approximate surface area is 118 Å². The SMILES string of the molecule is c1ccc(CC2CCN(C3CCCCC3)CC2)cc1. The predicted molar refractivity (Wildman–Crippen MR) is 81.3 cm³/mol. The summed E-state index contributed by atoms with van der Waals surface area (Å²) in [5.74, 6) is 0.919. The fourth-order valence-corrected chi connectivity index (χ4v) is 3.92. The molecular formula is C18H27N. The second-order valence-corrected chi connectivity index (χ2v) is 6.46. The van der Waals surface area contributed by atoms with Crippen molar-refractivity contribution in [1.82, 2.24) is 4.90 Å². The highest BCUT2D eigenvalue weighted by molar-refractivity contribution is 5.15. The quantitative estimate of drug-likeness (QED) is 0.781. The number of benzene rings is 1. The molecule has 1 heteroatoms. The normalized spacial score (nSPS) is 23.6. The summed E-state index contributed by atoms with van der Waals surface area (Å²) in [4.78, 5) is 2.79. The monoisotopic (exact) mass is 257 g/mol. The number of hydrogen-bond donors (Lipinski definition) is 0. The topological polar surface area (TPSA) is 3.24 Å². The Morgan fingerprint density at radius 3 is 2.21 bits per heavy atom. The number of likely N-dealkylation sites (tertiary alicyclic amines) is 1. The van der Waals surface area contributed by atoms with E-state index in [0.29, 0.717) is 0 Å². The van der Waals surface area contributed by atoms with Crippen molar-refractivity contribution in [3.8, 4) is 0 Å². The highest BCUT2D eigenvalue weighted by Gasteiger charge is 2.25. The van der Waals surface area contributed by atoms with Gasteiger partial charge in [0.15, 0.2) is 0 Å². The van der Waals surface area contributed by atoms with Gasteiger partial charge < -0.3 is 4.90 Å². The third kappa shape index (κ3) is 3.60. The maximum Gasteiger partial charge on any atom is 0.00952 e. The lowest BCUT2D eigenvalue weighted by Crippen LogP contribution is -2.42. The molecule has 1 aliphatic heterocycles. The van der Waals surface area contributed by atoms with Crippen molar-refractivity contribution in [1.29, 1.82) is 0 Å². The zero-order chi connectivity index (χ0) is 12.9. The average molecular weight is 257 g/mol. The third-order valence-electron chi connectivity index (χ3n) is 5.11. The van der Waals surface area contributed by atoms with Crippen LogP contribution in [0.25, 0.3) is 0 Å². The first-order valence-corrected chi connectivity index (χ1v) is 8.20. The zero-order valence-corrected chi connectivity index (χ0v) is 12.1. The Bertz CT molecular complexity index is 359. The van der Waals surface area contributed by atoms with Gasteiger partial charge in [-0.05, 0) is 56.7 Å². The summed E-state index contributed by atoms with van der Waals surface area (Å²) in [6.07, 6.45) is 11.4. The molecule has 19 heavy (non-hydrogen) atoms. The van der Waals surface area contributed by atoms with Crippen LogP contribution in [0.5, 0.6) is 0 Å². The number of rotatable bonds is 3. The van der Waals surface area contributed by atoms with Crippen molar-refractivity contribution in [2.45, 2.75) is 57.4 Å². The van der Waals surface area contributed by atoms with Crippen molar-refractivity contribution in [3.05, 3.63) is 35.9 Å². The molecule has 0 N–H and O–H groups in total. The second kappa shape index (κ2) is 6.56. The molecule has 1 saturated heterocycles. The van der Waals surface area contributed by atoms with Crippen LogP contribution >= 0.6 is 0 Å². The van der Waals surface area contributed by atoms with Crippen LogP contribution < -0.4 is 0 Å². The molecule has 1 nitrogen and oxygen atoms in total. The Morgan fingerprint density at radius 1 is 0.842 bits per heavy atom. The highest BCUT2D eigenvalue weighted by atomic mass is 15.2. The Hall–Kier alpha value is -0.820. The van der Waals surface area contributed by atoms with E-state index in [2.05, 4.69) is 35.2 Å². The second-order valence-electron chi connectivity index (χ2n) is 6.46. The van der Waals surface area contributed by atoms with Crippen LogP contribution in [0.2, 0.25) is 0 Å². The molecule has 0 bridgehead atoms. The van der Waals surface area contributed by atoms with E-state index in [1.165, 1.54) is 70.0 Å². The summed E-state index contributed by atoms with van der Waals surface area (Å²) in [6, 6.07) is 12.0. The van der Waals surface area contributed by atoms with Crippen molar-refractivity contribution < 1.29 is 0 Å².